The van der Waals surface area contributed by atoms with Crippen LogP contribution in [0.15, 0.2) is 12.4 Å². The summed E-state index contributed by atoms with van der Waals surface area (Å²) in [5.74, 6) is 0.321. The molecule has 5 nitrogen and oxygen atoms in total. The van der Waals surface area contributed by atoms with Crippen molar-refractivity contribution in [3.05, 3.63) is 18.2 Å². The summed E-state index contributed by atoms with van der Waals surface area (Å²) in [6, 6.07) is 0. The highest BCUT2D eigenvalue weighted by Crippen LogP contribution is 2.24. The van der Waals surface area contributed by atoms with Gasteiger partial charge in [0, 0.05) is 32.0 Å². The number of carbonyl (C=O) groups is 1. The minimum atomic E-state index is -0.682. The number of aliphatic carboxylic acids is 1. The van der Waals surface area contributed by atoms with Gasteiger partial charge in [0.15, 0.2) is 0 Å². The van der Waals surface area contributed by atoms with Crippen LogP contribution in [0.2, 0.25) is 0 Å². The topological polar surface area (TPSA) is 58.4 Å². The molecular formula is C12H19N3O2. The molecule has 0 amide bonds. The monoisotopic (exact) mass is 237 g/mol. The summed E-state index contributed by atoms with van der Waals surface area (Å²) in [6.45, 7) is 7.21. The van der Waals surface area contributed by atoms with E-state index in [1.54, 1.807) is 6.20 Å². The zero-order chi connectivity index (χ0) is 12.4. The third-order valence-electron chi connectivity index (χ3n) is 3.51. The molecule has 94 valence electrons. The van der Waals surface area contributed by atoms with Crippen molar-refractivity contribution in [2.75, 3.05) is 13.1 Å². The van der Waals surface area contributed by atoms with Crippen molar-refractivity contribution in [2.24, 2.45) is 11.8 Å². The van der Waals surface area contributed by atoms with E-state index in [1.807, 2.05) is 13.1 Å². The fourth-order valence-corrected chi connectivity index (χ4v) is 2.50. The smallest absolute Gasteiger partial charge is 0.308 e. The quantitative estimate of drug-likeness (QED) is 0.850. The maximum atomic E-state index is 11.0. The number of hydrogen-bond donors (Lipinski definition) is 1. The van der Waals surface area contributed by atoms with Crippen LogP contribution < -0.4 is 0 Å². The average molecular weight is 237 g/mol. The number of imidazole rings is 1. The van der Waals surface area contributed by atoms with Gasteiger partial charge in [0.2, 0.25) is 0 Å². The Bertz CT molecular complexity index is 402. The highest BCUT2D eigenvalue weighted by molar-refractivity contribution is 5.71. The fourth-order valence-electron chi connectivity index (χ4n) is 2.50. The highest BCUT2D eigenvalue weighted by atomic mass is 16.4. The van der Waals surface area contributed by atoms with Crippen LogP contribution in [-0.4, -0.2) is 38.6 Å². The Morgan fingerprint density at radius 3 is 2.94 bits per heavy atom. The highest BCUT2D eigenvalue weighted by Gasteiger charge is 2.34. The molecule has 0 radical (unpaired) electrons. The number of carboxylic acid groups (broad SMARTS) is 1. The van der Waals surface area contributed by atoms with Gasteiger partial charge < -0.3 is 9.67 Å². The molecule has 2 atom stereocenters. The van der Waals surface area contributed by atoms with Crippen LogP contribution in [0.4, 0.5) is 0 Å². The molecule has 1 fully saturated rings. The van der Waals surface area contributed by atoms with Crippen molar-refractivity contribution < 1.29 is 9.90 Å². The Hall–Kier alpha value is -1.36. The molecule has 1 N–H and O–H groups in total. The standard InChI is InChI=1S/C12H19N3O2/c1-3-15-5-4-13-11(15)8-14-6-9(2)10(7-14)12(16)17/h4-5,9-10H,3,6-8H2,1-2H3,(H,16,17). The second kappa shape index (κ2) is 4.87. The number of aromatic nitrogens is 2. The molecule has 0 aromatic carbocycles. The van der Waals surface area contributed by atoms with Crippen molar-refractivity contribution in [3.63, 3.8) is 0 Å². The van der Waals surface area contributed by atoms with E-state index in [1.165, 1.54) is 0 Å². The number of carboxylic acids is 1. The lowest BCUT2D eigenvalue weighted by atomic mass is 9.99. The number of likely N-dealkylation sites (tertiary alicyclic amines) is 1. The van der Waals surface area contributed by atoms with E-state index in [-0.39, 0.29) is 11.8 Å². The largest absolute Gasteiger partial charge is 0.481 e. The van der Waals surface area contributed by atoms with Gasteiger partial charge in [-0.25, -0.2) is 4.98 Å². The Labute approximate surface area is 101 Å². The van der Waals surface area contributed by atoms with Gasteiger partial charge in [-0.2, -0.15) is 0 Å². The number of aryl methyl sites for hydroxylation is 1. The molecule has 0 spiro atoms. The van der Waals surface area contributed by atoms with E-state index >= 15 is 0 Å². The summed E-state index contributed by atoms with van der Waals surface area (Å²) in [7, 11) is 0. The third-order valence-corrected chi connectivity index (χ3v) is 3.51. The van der Waals surface area contributed by atoms with Gasteiger partial charge in [-0.05, 0) is 12.8 Å². The van der Waals surface area contributed by atoms with Crippen LogP contribution in [0.3, 0.4) is 0 Å². The first-order valence-corrected chi connectivity index (χ1v) is 6.07. The van der Waals surface area contributed by atoms with E-state index in [4.69, 9.17) is 5.11 Å². The van der Waals surface area contributed by atoms with E-state index in [9.17, 15) is 4.79 Å². The van der Waals surface area contributed by atoms with Crippen molar-refractivity contribution in [3.8, 4) is 0 Å². The van der Waals surface area contributed by atoms with Crippen molar-refractivity contribution in [2.45, 2.75) is 26.9 Å². The molecule has 1 saturated heterocycles. The average Bonchev–Trinajstić information content (AvgIpc) is 2.85. The molecule has 0 saturated carbocycles. The normalized spacial score (nSPS) is 25.3. The SMILES string of the molecule is CCn1ccnc1CN1CC(C)C(C(=O)O)C1. The molecule has 1 aromatic heterocycles. The molecule has 2 unspecified atom stereocenters. The molecule has 17 heavy (non-hydrogen) atoms. The Balaban J connectivity index is 2.00. The lowest BCUT2D eigenvalue weighted by Crippen LogP contribution is -2.24. The molecule has 0 aliphatic carbocycles. The van der Waals surface area contributed by atoms with E-state index in [0.717, 1.165) is 25.5 Å². The summed E-state index contributed by atoms with van der Waals surface area (Å²) in [6.07, 6.45) is 3.76. The molecule has 5 heteroatoms. The van der Waals surface area contributed by atoms with Crippen LogP contribution in [0, 0.1) is 11.8 Å². The molecule has 1 aromatic rings. The molecule has 2 rings (SSSR count). The number of rotatable bonds is 4. The second-order valence-corrected chi connectivity index (χ2v) is 4.75. The maximum absolute atomic E-state index is 11.0. The zero-order valence-corrected chi connectivity index (χ0v) is 10.3. The lowest BCUT2D eigenvalue weighted by Gasteiger charge is -2.15. The van der Waals surface area contributed by atoms with E-state index in [0.29, 0.717) is 6.54 Å². The number of nitrogens with zero attached hydrogens (tertiary/aromatic N) is 3. The van der Waals surface area contributed by atoms with Gasteiger partial charge in [-0.15, -0.1) is 0 Å². The third kappa shape index (κ3) is 2.49. The van der Waals surface area contributed by atoms with Gasteiger partial charge in [0.25, 0.3) is 0 Å². The fraction of sp³-hybridized carbons (Fsp3) is 0.667. The van der Waals surface area contributed by atoms with Crippen LogP contribution in [0.25, 0.3) is 0 Å². The van der Waals surface area contributed by atoms with Gasteiger partial charge in [-0.1, -0.05) is 6.92 Å². The van der Waals surface area contributed by atoms with E-state index < -0.39 is 5.97 Å². The van der Waals surface area contributed by atoms with E-state index in [2.05, 4.69) is 21.4 Å². The first kappa shape index (κ1) is 12.1. The molecule has 2 heterocycles. The predicted molar refractivity (Wildman–Crippen MR) is 63.5 cm³/mol. The zero-order valence-electron chi connectivity index (χ0n) is 10.3. The Kier molecular flexibility index (Phi) is 3.47. The summed E-state index contributed by atoms with van der Waals surface area (Å²) in [4.78, 5) is 17.5. The van der Waals surface area contributed by atoms with Crippen LogP contribution in [-0.2, 0) is 17.9 Å². The number of hydrogen-bond acceptors (Lipinski definition) is 3. The van der Waals surface area contributed by atoms with Crippen LogP contribution in [0.5, 0.6) is 0 Å². The molecular weight excluding hydrogens is 218 g/mol. The van der Waals surface area contributed by atoms with Crippen LogP contribution in [0.1, 0.15) is 19.7 Å². The summed E-state index contributed by atoms with van der Waals surface area (Å²) < 4.78 is 2.10. The van der Waals surface area contributed by atoms with Crippen molar-refractivity contribution in [1.29, 1.82) is 0 Å². The molecule has 0 bridgehead atoms. The van der Waals surface area contributed by atoms with Crippen LogP contribution >= 0.6 is 0 Å². The summed E-state index contributed by atoms with van der Waals surface area (Å²) >= 11 is 0. The lowest BCUT2D eigenvalue weighted by molar-refractivity contribution is -0.142. The minimum absolute atomic E-state index is 0.220. The van der Waals surface area contributed by atoms with Gasteiger partial charge in [0.1, 0.15) is 5.82 Å². The van der Waals surface area contributed by atoms with Crippen molar-refractivity contribution >= 4 is 5.97 Å². The van der Waals surface area contributed by atoms with Gasteiger partial charge >= 0.3 is 5.97 Å². The maximum Gasteiger partial charge on any atom is 0.308 e. The first-order chi connectivity index (χ1) is 8.11. The summed E-state index contributed by atoms with van der Waals surface area (Å²) in [5.41, 5.74) is 0. The minimum Gasteiger partial charge on any atom is -0.481 e. The second-order valence-electron chi connectivity index (χ2n) is 4.75. The molecule has 1 aliphatic heterocycles. The first-order valence-electron chi connectivity index (χ1n) is 6.07. The molecule has 1 aliphatic rings. The van der Waals surface area contributed by atoms with Crippen molar-refractivity contribution in [1.82, 2.24) is 14.5 Å². The van der Waals surface area contributed by atoms with Gasteiger partial charge in [0.05, 0.1) is 12.5 Å². The summed E-state index contributed by atoms with van der Waals surface area (Å²) in [5, 5.41) is 9.08. The van der Waals surface area contributed by atoms with Gasteiger partial charge in [-0.3, -0.25) is 9.69 Å². The Morgan fingerprint density at radius 1 is 1.59 bits per heavy atom. The predicted octanol–water partition coefficient (Wildman–Crippen LogP) is 1.06. The Morgan fingerprint density at radius 2 is 2.35 bits per heavy atom.